The molecular formula is C19H33NO2S. The predicted molar refractivity (Wildman–Crippen MR) is 99.3 cm³/mol. The predicted octanol–water partition coefficient (Wildman–Crippen LogP) is 5.21. The van der Waals surface area contributed by atoms with E-state index in [2.05, 4.69) is 12.2 Å². The van der Waals surface area contributed by atoms with Crippen LogP contribution in [-0.2, 0) is 9.59 Å². The zero-order valence-corrected chi connectivity index (χ0v) is 15.5. The van der Waals surface area contributed by atoms with E-state index in [0.717, 1.165) is 13.0 Å². The van der Waals surface area contributed by atoms with Crippen molar-refractivity contribution in [3.05, 3.63) is 11.5 Å². The molecule has 1 amide bonds. The van der Waals surface area contributed by atoms with E-state index in [1.165, 1.54) is 82.0 Å². The molecule has 0 radical (unpaired) electrons. The second kappa shape index (κ2) is 13.6. The summed E-state index contributed by atoms with van der Waals surface area (Å²) < 4.78 is 0. The lowest BCUT2D eigenvalue weighted by molar-refractivity contribution is -0.116. The molecule has 0 bridgehead atoms. The Morgan fingerprint density at radius 2 is 1.74 bits per heavy atom. The molecule has 3 nitrogen and oxygen atoms in total. The third-order valence-corrected chi connectivity index (χ3v) is 5.13. The lowest BCUT2D eigenvalue weighted by Gasteiger charge is -2.19. The van der Waals surface area contributed by atoms with Gasteiger partial charge in [0.2, 0.25) is 5.91 Å². The summed E-state index contributed by atoms with van der Waals surface area (Å²) in [5.74, 6) is 0.482. The molecule has 4 heteroatoms. The maximum Gasteiger partial charge on any atom is 0.244 e. The minimum Gasteiger partial charge on any atom is -0.353 e. The van der Waals surface area contributed by atoms with Gasteiger partial charge in [0.1, 0.15) is 0 Å². The third kappa shape index (κ3) is 11.4. The third-order valence-electron chi connectivity index (χ3n) is 4.43. The summed E-state index contributed by atoms with van der Waals surface area (Å²) in [6.07, 6.45) is 15.7. The molecule has 0 heterocycles. The Bertz CT molecular complexity index is 362. The number of hydrogen-bond acceptors (Lipinski definition) is 3. The number of nitrogens with one attached hydrogen (secondary N) is 1. The number of hydrogen-bond donors (Lipinski definition) is 1. The van der Waals surface area contributed by atoms with E-state index in [-0.39, 0.29) is 11.0 Å². The largest absolute Gasteiger partial charge is 0.353 e. The maximum atomic E-state index is 11.9. The van der Waals surface area contributed by atoms with Crippen LogP contribution in [0.1, 0.15) is 84.0 Å². The summed E-state index contributed by atoms with van der Waals surface area (Å²) in [7, 11) is 0. The normalized spacial score (nSPS) is 15.9. The van der Waals surface area contributed by atoms with Gasteiger partial charge in [0.05, 0.1) is 0 Å². The molecular weight excluding hydrogens is 306 g/mol. The Balaban J connectivity index is 2.00. The molecule has 1 fully saturated rings. The highest BCUT2D eigenvalue weighted by Gasteiger charge is 2.16. The Morgan fingerprint density at radius 3 is 2.48 bits per heavy atom. The van der Waals surface area contributed by atoms with E-state index < -0.39 is 0 Å². The first-order valence-electron chi connectivity index (χ1n) is 9.36. The van der Waals surface area contributed by atoms with Crippen molar-refractivity contribution in [2.24, 2.45) is 5.92 Å². The van der Waals surface area contributed by atoms with Crippen LogP contribution in [0.4, 0.5) is 0 Å². The van der Waals surface area contributed by atoms with Crippen molar-refractivity contribution >= 4 is 22.8 Å². The Labute approximate surface area is 146 Å². The molecule has 1 N–H and O–H groups in total. The van der Waals surface area contributed by atoms with Gasteiger partial charge < -0.3 is 5.32 Å². The first-order valence-corrected chi connectivity index (χ1v) is 10.2. The molecule has 1 aliphatic rings. The molecule has 0 unspecified atom stereocenters. The van der Waals surface area contributed by atoms with Crippen molar-refractivity contribution in [3.8, 4) is 0 Å². The van der Waals surface area contributed by atoms with Gasteiger partial charge in [-0.15, -0.1) is 0 Å². The minimum absolute atomic E-state index is 0.0866. The van der Waals surface area contributed by atoms with E-state index in [1.54, 1.807) is 5.41 Å². The quantitative estimate of drug-likeness (QED) is 0.415. The van der Waals surface area contributed by atoms with Crippen LogP contribution in [0.5, 0.6) is 0 Å². The molecule has 0 aromatic heterocycles. The van der Waals surface area contributed by atoms with Gasteiger partial charge in [0.25, 0.3) is 0 Å². The number of amides is 1. The first-order chi connectivity index (χ1) is 11.2. The van der Waals surface area contributed by atoms with Gasteiger partial charge in [0.15, 0.2) is 5.12 Å². The lowest BCUT2D eigenvalue weighted by Crippen LogP contribution is -2.21. The van der Waals surface area contributed by atoms with Crippen molar-refractivity contribution in [2.45, 2.75) is 84.0 Å². The second-order valence-electron chi connectivity index (χ2n) is 6.56. The molecule has 23 heavy (non-hydrogen) atoms. The zero-order valence-electron chi connectivity index (χ0n) is 14.6. The average Bonchev–Trinajstić information content (AvgIpc) is 2.55. The van der Waals surface area contributed by atoms with Crippen molar-refractivity contribution in [3.63, 3.8) is 0 Å². The highest BCUT2D eigenvalue weighted by Crippen LogP contribution is 2.28. The van der Waals surface area contributed by atoms with E-state index in [9.17, 15) is 9.59 Å². The summed E-state index contributed by atoms with van der Waals surface area (Å²) in [6.45, 7) is 2.94. The lowest BCUT2D eigenvalue weighted by atomic mass is 9.87. The second-order valence-corrected chi connectivity index (χ2v) is 7.52. The summed E-state index contributed by atoms with van der Waals surface area (Å²) in [4.78, 5) is 23.5. The summed E-state index contributed by atoms with van der Waals surface area (Å²) in [5, 5.41) is 4.71. The molecule has 0 atom stereocenters. The summed E-state index contributed by atoms with van der Waals surface area (Å²) in [6, 6.07) is 0. The number of carbonyl (C=O) groups excluding carboxylic acids is 2. The van der Waals surface area contributed by atoms with E-state index >= 15 is 0 Å². The topological polar surface area (TPSA) is 46.2 Å². The smallest absolute Gasteiger partial charge is 0.244 e. The van der Waals surface area contributed by atoms with Gasteiger partial charge in [-0.2, -0.15) is 0 Å². The van der Waals surface area contributed by atoms with Crippen LogP contribution in [0.25, 0.3) is 0 Å². The summed E-state index contributed by atoms with van der Waals surface area (Å²) in [5.41, 5.74) is 0. The molecule has 0 saturated heterocycles. The Kier molecular flexibility index (Phi) is 12.0. The van der Waals surface area contributed by atoms with Crippen LogP contribution in [0, 0.1) is 5.92 Å². The van der Waals surface area contributed by atoms with Crippen molar-refractivity contribution < 1.29 is 9.59 Å². The number of carbonyl (C=O) groups is 2. The van der Waals surface area contributed by atoms with Crippen LogP contribution in [0.2, 0.25) is 0 Å². The minimum atomic E-state index is -0.0866. The highest BCUT2D eigenvalue weighted by atomic mass is 32.2. The highest BCUT2D eigenvalue weighted by molar-refractivity contribution is 8.16. The van der Waals surface area contributed by atoms with E-state index in [1.807, 2.05) is 0 Å². The van der Waals surface area contributed by atoms with Crippen LogP contribution in [0.3, 0.4) is 0 Å². The van der Waals surface area contributed by atoms with Gasteiger partial charge in [-0.3, -0.25) is 9.59 Å². The fourth-order valence-electron chi connectivity index (χ4n) is 3.02. The average molecular weight is 340 g/mol. The van der Waals surface area contributed by atoms with Crippen LogP contribution < -0.4 is 5.32 Å². The zero-order chi connectivity index (χ0) is 16.8. The van der Waals surface area contributed by atoms with E-state index in [4.69, 9.17) is 0 Å². The van der Waals surface area contributed by atoms with Gasteiger partial charge in [-0.25, -0.2) is 0 Å². The Morgan fingerprint density at radius 1 is 1.04 bits per heavy atom. The monoisotopic (exact) mass is 339 g/mol. The standard InChI is InChI=1S/C19H33NO2S/c1-2-3-4-5-6-10-14-20-18(21)13-15-23-19(22)16-17-11-8-7-9-12-17/h13,15,17H,2-12,14,16H2,1H3,(H,20,21)/b15-13-. The fraction of sp³-hybridized carbons (Fsp3) is 0.789. The molecule has 1 aliphatic carbocycles. The molecule has 0 aliphatic heterocycles. The van der Waals surface area contributed by atoms with E-state index in [0.29, 0.717) is 12.3 Å². The maximum absolute atomic E-state index is 11.9. The van der Waals surface area contributed by atoms with Crippen molar-refractivity contribution in [1.29, 1.82) is 0 Å². The molecule has 0 aromatic rings. The summed E-state index contributed by atoms with van der Waals surface area (Å²) >= 11 is 1.17. The first kappa shape index (κ1) is 20.3. The van der Waals surface area contributed by atoms with Crippen LogP contribution in [0.15, 0.2) is 11.5 Å². The molecule has 132 valence electrons. The van der Waals surface area contributed by atoms with Crippen LogP contribution >= 0.6 is 11.8 Å². The molecule has 0 aromatic carbocycles. The SMILES string of the molecule is CCCCCCCCNC(=O)/C=C\SC(=O)CC1CCCCC1. The number of thioether (sulfide) groups is 1. The van der Waals surface area contributed by atoms with Gasteiger partial charge in [0, 0.05) is 19.0 Å². The fourth-order valence-corrected chi connectivity index (χ4v) is 3.70. The van der Waals surface area contributed by atoms with Crippen molar-refractivity contribution in [1.82, 2.24) is 5.32 Å². The van der Waals surface area contributed by atoms with Gasteiger partial charge in [-0.1, -0.05) is 70.1 Å². The Hall–Kier alpha value is -0.770. The number of rotatable bonds is 11. The van der Waals surface area contributed by atoms with Crippen LogP contribution in [-0.4, -0.2) is 17.6 Å². The number of unbranched alkanes of at least 4 members (excludes halogenated alkanes) is 5. The molecule has 1 saturated carbocycles. The molecule has 1 rings (SSSR count). The van der Waals surface area contributed by atoms with Crippen molar-refractivity contribution in [2.75, 3.05) is 6.54 Å². The van der Waals surface area contributed by atoms with Gasteiger partial charge in [-0.05, 0) is 30.6 Å². The van der Waals surface area contributed by atoms with Gasteiger partial charge >= 0.3 is 0 Å². The molecule has 0 spiro atoms.